The van der Waals surface area contributed by atoms with Crippen LogP contribution in [0.5, 0.6) is 0 Å². The molecule has 5 nitrogen and oxygen atoms in total. The molecule has 0 aliphatic rings. The molecule has 0 spiro atoms. The maximum absolute atomic E-state index is 5.16. The van der Waals surface area contributed by atoms with Gasteiger partial charge in [0.2, 0.25) is 12.3 Å². The van der Waals surface area contributed by atoms with E-state index < -0.39 is 0 Å². The van der Waals surface area contributed by atoms with Gasteiger partial charge in [-0.25, -0.2) is 0 Å². The number of nitrogens with one attached hydrogen (secondary N) is 1. The van der Waals surface area contributed by atoms with Crippen LogP contribution in [0.3, 0.4) is 0 Å². The molecule has 5 heteroatoms. The summed E-state index contributed by atoms with van der Waals surface area (Å²) in [4.78, 5) is 0. The van der Waals surface area contributed by atoms with Gasteiger partial charge >= 0.3 is 0 Å². The third-order valence-corrected chi connectivity index (χ3v) is 3.17. The lowest BCUT2D eigenvalue weighted by Gasteiger charge is -2.05. The van der Waals surface area contributed by atoms with Gasteiger partial charge in [-0.2, -0.15) is 0 Å². The van der Waals surface area contributed by atoms with Gasteiger partial charge in [0.15, 0.2) is 0 Å². The quantitative estimate of drug-likeness (QED) is 0.772. The second-order valence-electron chi connectivity index (χ2n) is 4.52. The third-order valence-electron chi connectivity index (χ3n) is 3.17. The van der Waals surface area contributed by atoms with Crippen LogP contribution in [0.1, 0.15) is 12.5 Å². The number of anilines is 1. The number of rotatable bonds is 5. The molecule has 102 valence electrons. The highest BCUT2D eigenvalue weighted by atomic mass is 16.4. The number of benzene rings is 1. The highest BCUT2D eigenvalue weighted by molar-refractivity contribution is 5.58. The fourth-order valence-electron chi connectivity index (χ4n) is 2.03. The Hall–Kier alpha value is -2.56. The average molecular weight is 268 g/mol. The number of nitrogens with zero attached hydrogens (tertiary/aromatic N) is 3. The Bertz CT molecular complexity index is 656. The second kappa shape index (κ2) is 5.61. The van der Waals surface area contributed by atoms with Crippen molar-refractivity contribution >= 4 is 5.69 Å². The zero-order chi connectivity index (χ0) is 13.8. The van der Waals surface area contributed by atoms with Gasteiger partial charge in [-0.15, -0.1) is 10.2 Å². The molecule has 0 amide bonds. The fraction of sp³-hybridized carbons (Fsp3) is 0.200. The van der Waals surface area contributed by atoms with Gasteiger partial charge < -0.3 is 14.3 Å². The summed E-state index contributed by atoms with van der Waals surface area (Å²) in [7, 11) is 0. The maximum Gasteiger partial charge on any atom is 0.247 e. The van der Waals surface area contributed by atoms with E-state index in [1.165, 1.54) is 12.0 Å². The summed E-state index contributed by atoms with van der Waals surface area (Å²) < 4.78 is 7.32. The van der Waals surface area contributed by atoms with Crippen LogP contribution < -0.4 is 5.32 Å². The predicted molar refractivity (Wildman–Crippen MR) is 77.2 cm³/mol. The van der Waals surface area contributed by atoms with Crippen molar-refractivity contribution in [1.29, 1.82) is 0 Å². The van der Waals surface area contributed by atoms with E-state index in [0.29, 0.717) is 5.89 Å². The van der Waals surface area contributed by atoms with Crippen LogP contribution in [-0.2, 0) is 13.1 Å². The number of hydrogen-bond acceptors (Lipinski definition) is 4. The summed E-state index contributed by atoms with van der Waals surface area (Å²) in [5.41, 5.74) is 3.26. The number of aryl methyl sites for hydroxylation is 1. The lowest BCUT2D eigenvalue weighted by Crippen LogP contribution is -1.98. The normalized spacial score (nSPS) is 10.7. The first kappa shape index (κ1) is 12.5. The highest BCUT2D eigenvalue weighted by Gasteiger charge is 2.03. The Morgan fingerprint density at radius 3 is 2.70 bits per heavy atom. The molecule has 0 unspecified atom stereocenters. The van der Waals surface area contributed by atoms with Crippen molar-refractivity contribution in [2.24, 2.45) is 0 Å². The molecule has 0 saturated heterocycles. The van der Waals surface area contributed by atoms with E-state index >= 15 is 0 Å². The van der Waals surface area contributed by atoms with Crippen LogP contribution in [-0.4, -0.2) is 14.8 Å². The molecular weight excluding hydrogens is 252 g/mol. The molecule has 3 aromatic rings. The maximum atomic E-state index is 5.16. The monoisotopic (exact) mass is 268 g/mol. The first-order valence-corrected chi connectivity index (χ1v) is 6.60. The van der Waals surface area contributed by atoms with Crippen LogP contribution in [0, 0.1) is 0 Å². The molecule has 0 fully saturated rings. The Balaban J connectivity index is 1.63. The largest absolute Gasteiger partial charge is 0.423 e. The molecule has 2 aromatic heterocycles. The van der Waals surface area contributed by atoms with Crippen molar-refractivity contribution in [3.63, 3.8) is 0 Å². The van der Waals surface area contributed by atoms with Crippen molar-refractivity contribution in [1.82, 2.24) is 14.8 Å². The highest BCUT2D eigenvalue weighted by Crippen LogP contribution is 2.19. The molecule has 0 radical (unpaired) electrons. The summed E-state index contributed by atoms with van der Waals surface area (Å²) in [6.07, 6.45) is 5.58. The molecule has 20 heavy (non-hydrogen) atoms. The van der Waals surface area contributed by atoms with E-state index in [2.05, 4.69) is 45.5 Å². The lowest BCUT2D eigenvalue weighted by atomic mass is 10.2. The van der Waals surface area contributed by atoms with Crippen molar-refractivity contribution < 1.29 is 4.42 Å². The van der Waals surface area contributed by atoms with Gasteiger partial charge in [0.05, 0.1) is 0 Å². The summed E-state index contributed by atoms with van der Waals surface area (Å²) in [6, 6.07) is 10.1. The van der Waals surface area contributed by atoms with Crippen LogP contribution in [0.15, 0.2) is 53.5 Å². The number of hydrogen-bond donors (Lipinski definition) is 1. The van der Waals surface area contributed by atoms with Crippen LogP contribution >= 0.6 is 0 Å². The van der Waals surface area contributed by atoms with Crippen molar-refractivity contribution in [3.8, 4) is 11.5 Å². The lowest BCUT2D eigenvalue weighted by molar-refractivity contribution is 0.568. The van der Waals surface area contributed by atoms with Gasteiger partial charge in [0, 0.05) is 36.7 Å². The smallest absolute Gasteiger partial charge is 0.247 e. The van der Waals surface area contributed by atoms with Gasteiger partial charge in [-0.1, -0.05) is 0 Å². The first-order chi connectivity index (χ1) is 9.85. The van der Waals surface area contributed by atoms with E-state index in [1.807, 2.05) is 24.3 Å². The standard InChI is InChI=1S/C15H16N4O/c1-2-19-8-7-12(10-19)9-16-14-5-3-13(4-6-14)15-18-17-11-20-15/h3-8,10-11,16H,2,9H2,1H3. The summed E-state index contributed by atoms with van der Waals surface area (Å²) in [5, 5.41) is 10.9. The minimum Gasteiger partial charge on any atom is -0.423 e. The van der Waals surface area contributed by atoms with Gasteiger partial charge in [-0.3, -0.25) is 0 Å². The Kier molecular flexibility index (Phi) is 3.50. The Labute approximate surface area is 117 Å². The fourth-order valence-corrected chi connectivity index (χ4v) is 2.03. The van der Waals surface area contributed by atoms with Crippen molar-refractivity contribution in [2.45, 2.75) is 20.0 Å². The molecule has 1 aromatic carbocycles. The number of aromatic nitrogens is 3. The second-order valence-corrected chi connectivity index (χ2v) is 4.52. The molecule has 0 aliphatic heterocycles. The summed E-state index contributed by atoms with van der Waals surface area (Å²) in [5.74, 6) is 0.538. The minimum absolute atomic E-state index is 0.538. The minimum atomic E-state index is 0.538. The third kappa shape index (κ3) is 2.71. The molecule has 3 rings (SSSR count). The van der Waals surface area contributed by atoms with E-state index in [9.17, 15) is 0 Å². The molecule has 0 bridgehead atoms. The topological polar surface area (TPSA) is 55.9 Å². The predicted octanol–water partition coefficient (Wildman–Crippen LogP) is 3.17. The van der Waals surface area contributed by atoms with Gasteiger partial charge in [0.25, 0.3) is 0 Å². The van der Waals surface area contributed by atoms with Crippen LogP contribution in [0.2, 0.25) is 0 Å². The van der Waals surface area contributed by atoms with E-state index in [0.717, 1.165) is 24.3 Å². The Morgan fingerprint density at radius 1 is 1.20 bits per heavy atom. The van der Waals surface area contributed by atoms with Gasteiger partial charge in [0.1, 0.15) is 0 Å². The summed E-state index contributed by atoms with van der Waals surface area (Å²) in [6.45, 7) is 3.94. The molecule has 2 heterocycles. The zero-order valence-corrected chi connectivity index (χ0v) is 11.3. The van der Waals surface area contributed by atoms with Crippen molar-refractivity contribution in [2.75, 3.05) is 5.32 Å². The van der Waals surface area contributed by atoms with E-state index in [1.54, 1.807) is 0 Å². The Morgan fingerprint density at radius 2 is 2.05 bits per heavy atom. The molecular formula is C15H16N4O. The van der Waals surface area contributed by atoms with Crippen molar-refractivity contribution in [3.05, 3.63) is 54.7 Å². The van der Waals surface area contributed by atoms with Crippen LogP contribution in [0.4, 0.5) is 5.69 Å². The van der Waals surface area contributed by atoms with E-state index in [-0.39, 0.29) is 0 Å². The van der Waals surface area contributed by atoms with Crippen LogP contribution in [0.25, 0.3) is 11.5 Å². The average Bonchev–Trinajstić information content (AvgIpc) is 3.17. The van der Waals surface area contributed by atoms with E-state index in [4.69, 9.17) is 4.42 Å². The zero-order valence-electron chi connectivity index (χ0n) is 11.3. The first-order valence-electron chi connectivity index (χ1n) is 6.60. The SMILES string of the molecule is CCn1ccc(CNc2ccc(-c3nnco3)cc2)c1. The molecule has 0 saturated carbocycles. The molecule has 0 aliphatic carbocycles. The molecule has 0 atom stereocenters. The molecule has 1 N–H and O–H groups in total. The summed E-state index contributed by atoms with van der Waals surface area (Å²) >= 11 is 0. The van der Waals surface area contributed by atoms with Gasteiger partial charge in [-0.05, 0) is 42.8 Å².